The van der Waals surface area contributed by atoms with Crippen molar-refractivity contribution in [2.75, 3.05) is 11.1 Å². The number of nitrogens with two attached hydrogens (primary N) is 1. The lowest BCUT2D eigenvalue weighted by atomic mass is 10.2. The number of primary amides is 1. The molecule has 0 bridgehead atoms. The van der Waals surface area contributed by atoms with Gasteiger partial charge in [0.25, 0.3) is 5.24 Å². The molecule has 1 rings (SSSR count). The van der Waals surface area contributed by atoms with E-state index in [4.69, 9.17) is 5.73 Å². The van der Waals surface area contributed by atoms with Crippen molar-refractivity contribution in [3.63, 3.8) is 0 Å². The number of nitrogens with one attached hydrogen (secondary N) is 1. The van der Waals surface area contributed by atoms with E-state index in [1.165, 1.54) is 0 Å². The normalized spacial score (nSPS) is 9.67. The molecule has 1 aromatic rings. The molecule has 0 atom stereocenters. The summed E-state index contributed by atoms with van der Waals surface area (Å²) >= 11 is 0.789. The summed E-state index contributed by atoms with van der Waals surface area (Å²) in [5.41, 5.74) is 6.74. The van der Waals surface area contributed by atoms with E-state index in [0.717, 1.165) is 23.0 Å². The maximum Gasteiger partial charge on any atom is 0.276 e. The number of carbonyl (C=O) groups excluding carboxylic acids is 2. The van der Waals surface area contributed by atoms with Gasteiger partial charge in [0.05, 0.1) is 5.75 Å². The Kier molecular flexibility index (Phi) is 4.17. The molecule has 0 spiro atoms. The topological polar surface area (TPSA) is 72.2 Å². The fraction of sp³-hybridized carbons (Fsp3) is 0.200. The molecular formula is C10H12N2O2S. The Balaban J connectivity index is 2.44. The van der Waals surface area contributed by atoms with Crippen molar-refractivity contribution in [3.8, 4) is 0 Å². The molecule has 0 aliphatic heterocycles. The fourth-order valence-electron chi connectivity index (χ4n) is 0.971. The Morgan fingerprint density at radius 1 is 1.33 bits per heavy atom. The monoisotopic (exact) mass is 224 g/mol. The van der Waals surface area contributed by atoms with Crippen LogP contribution in [0.25, 0.3) is 0 Å². The van der Waals surface area contributed by atoms with Gasteiger partial charge in [-0.3, -0.25) is 9.59 Å². The average molecular weight is 224 g/mol. The summed E-state index contributed by atoms with van der Waals surface area (Å²) in [5.74, 6) is -0.189. The fourth-order valence-corrected chi connectivity index (χ4v) is 1.32. The van der Waals surface area contributed by atoms with E-state index in [0.29, 0.717) is 0 Å². The second-order valence-corrected chi connectivity index (χ2v) is 4.00. The summed E-state index contributed by atoms with van der Waals surface area (Å²) in [6.07, 6.45) is 0. The molecule has 0 unspecified atom stereocenters. The van der Waals surface area contributed by atoms with E-state index < -0.39 is 5.24 Å². The highest BCUT2D eigenvalue weighted by Crippen LogP contribution is 2.09. The van der Waals surface area contributed by atoms with Gasteiger partial charge in [-0.05, 0) is 19.1 Å². The van der Waals surface area contributed by atoms with Crippen LogP contribution in [-0.4, -0.2) is 16.9 Å². The molecule has 1 aromatic carbocycles. The molecule has 0 aliphatic rings. The molecule has 0 heterocycles. The van der Waals surface area contributed by atoms with Gasteiger partial charge in [-0.2, -0.15) is 0 Å². The van der Waals surface area contributed by atoms with Gasteiger partial charge >= 0.3 is 0 Å². The van der Waals surface area contributed by atoms with Crippen molar-refractivity contribution in [3.05, 3.63) is 29.8 Å². The van der Waals surface area contributed by atoms with Crippen LogP contribution >= 0.6 is 11.8 Å². The first kappa shape index (κ1) is 11.6. The number of hydrogen-bond acceptors (Lipinski definition) is 3. The van der Waals surface area contributed by atoms with E-state index in [1.807, 2.05) is 31.2 Å². The third-order valence-electron chi connectivity index (χ3n) is 1.68. The van der Waals surface area contributed by atoms with Gasteiger partial charge in [0.2, 0.25) is 5.91 Å². The molecule has 5 heteroatoms. The summed E-state index contributed by atoms with van der Waals surface area (Å²) in [6, 6.07) is 7.41. The summed E-state index contributed by atoms with van der Waals surface area (Å²) in [7, 11) is 0. The molecule has 80 valence electrons. The Morgan fingerprint density at radius 2 is 1.93 bits per heavy atom. The van der Waals surface area contributed by atoms with E-state index >= 15 is 0 Å². The standard InChI is InChI=1S/C10H12N2O2S/c1-7-2-4-8(5-3-7)12-9(13)6-15-10(11)14/h2-5H,6H2,1H3,(H2,11,14)(H,12,13). The minimum absolute atomic E-state index is 0.0449. The van der Waals surface area contributed by atoms with E-state index in [2.05, 4.69) is 5.32 Å². The summed E-state index contributed by atoms with van der Waals surface area (Å²) in [5, 5.41) is 2.11. The van der Waals surface area contributed by atoms with Crippen LogP contribution in [0.5, 0.6) is 0 Å². The quantitative estimate of drug-likeness (QED) is 0.821. The number of carbonyl (C=O) groups is 2. The smallest absolute Gasteiger partial charge is 0.276 e. The first-order valence-electron chi connectivity index (χ1n) is 4.36. The van der Waals surface area contributed by atoms with Crippen molar-refractivity contribution in [1.29, 1.82) is 0 Å². The van der Waals surface area contributed by atoms with Crippen LogP contribution in [0.2, 0.25) is 0 Å². The molecular weight excluding hydrogens is 212 g/mol. The Hall–Kier alpha value is -1.49. The summed E-state index contributed by atoms with van der Waals surface area (Å²) < 4.78 is 0. The van der Waals surface area contributed by atoms with Gasteiger partial charge in [0, 0.05) is 5.69 Å². The van der Waals surface area contributed by atoms with Crippen molar-refractivity contribution >= 4 is 28.6 Å². The van der Waals surface area contributed by atoms with Crippen molar-refractivity contribution in [1.82, 2.24) is 0 Å². The number of rotatable bonds is 3. The van der Waals surface area contributed by atoms with Gasteiger partial charge in [-0.15, -0.1) is 0 Å². The lowest BCUT2D eigenvalue weighted by molar-refractivity contribution is -0.113. The van der Waals surface area contributed by atoms with Crippen molar-refractivity contribution in [2.45, 2.75) is 6.92 Å². The average Bonchev–Trinajstić information content (AvgIpc) is 2.19. The Morgan fingerprint density at radius 3 is 2.47 bits per heavy atom. The van der Waals surface area contributed by atoms with Gasteiger partial charge in [-0.1, -0.05) is 29.5 Å². The molecule has 3 N–H and O–H groups in total. The van der Waals surface area contributed by atoms with Crippen LogP contribution in [-0.2, 0) is 4.79 Å². The second-order valence-electron chi connectivity index (χ2n) is 3.02. The summed E-state index contributed by atoms with van der Waals surface area (Å²) in [6.45, 7) is 1.97. The minimum Gasteiger partial charge on any atom is -0.361 e. The first-order chi connectivity index (χ1) is 7.08. The van der Waals surface area contributed by atoms with E-state index in [9.17, 15) is 9.59 Å². The second kappa shape index (κ2) is 5.41. The molecule has 2 amide bonds. The third-order valence-corrected chi connectivity index (χ3v) is 2.37. The number of benzene rings is 1. The molecule has 0 saturated carbocycles. The van der Waals surface area contributed by atoms with Crippen LogP contribution in [0.1, 0.15) is 5.56 Å². The number of amides is 2. The maximum absolute atomic E-state index is 11.3. The predicted octanol–water partition coefficient (Wildman–Crippen LogP) is 1.75. The highest BCUT2D eigenvalue weighted by atomic mass is 32.2. The van der Waals surface area contributed by atoms with Gasteiger partial charge in [0.15, 0.2) is 0 Å². The Bertz CT molecular complexity index is 362. The molecule has 0 aromatic heterocycles. The highest BCUT2D eigenvalue weighted by molar-refractivity contribution is 8.14. The SMILES string of the molecule is Cc1ccc(NC(=O)CSC(N)=O)cc1. The molecule has 0 radical (unpaired) electrons. The van der Waals surface area contributed by atoms with Crippen LogP contribution in [0.4, 0.5) is 10.5 Å². The number of thioether (sulfide) groups is 1. The lowest BCUT2D eigenvalue weighted by Crippen LogP contribution is -2.16. The molecule has 0 aliphatic carbocycles. The highest BCUT2D eigenvalue weighted by Gasteiger charge is 2.04. The molecule has 4 nitrogen and oxygen atoms in total. The van der Waals surface area contributed by atoms with Crippen molar-refractivity contribution in [2.24, 2.45) is 5.73 Å². The molecule has 0 saturated heterocycles. The van der Waals surface area contributed by atoms with E-state index in [1.54, 1.807) is 0 Å². The lowest BCUT2D eigenvalue weighted by Gasteiger charge is -2.03. The van der Waals surface area contributed by atoms with Crippen molar-refractivity contribution < 1.29 is 9.59 Å². The predicted molar refractivity (Wildman–Crippen MR) is 61.9 cm³/mol. The minimum atomic E-state index is -0.547. The van der Waals surface area contributed by atoms with Gasteiger partial charge in [-0.25, -0.2) is 0 Å². The zero-order valence-electron chi connectivity index (χ0n) is 8.32. The zero-order chi connectivity index (χ0) is 11.3. The maximum atomic E-state index is 11.3. The zero-order valence-corrected chi connectivity index (χ0v) is 9.14. The summed E-state index contributed by atoms with van der Waals surface area (Å²) in [4.78, 5) is 21.7. The van der Waals surface area contributed by atoms with Crippen LogP contribution < -0.4 is 11.1 Å². The first-order valence-corrected chi connectivity index (χ1v) is 5.35. The molecule has 15 heavy (non-hydrogen) atoms. The number of anilines is 1. The van der Waals surface area contributed by atoms with Gasteiger partial charge < -0.3 is 11.1 Å². The number of hydrogen-bond donors (Lipinski definition) is 2. The van der Waals surface area contributed by atoms with Crippen LogP contribution in [0.15, 0.2) is 24.3 Å². The molecule has 0 fully saturated rings. The van der Waals surface area contributed by atoms with Gasteiger partial charge in [0.1, 0.15) is 0 Å². The third kappa shape index (κ3) is 4.51. The largest absolute Gasteiger partial charge is 0.361 e. The van der Waals surface area contributed by atoms with Crippen LogP contribution in [0, 0.1) is 6.92 Å². The number of aryl methyl sites for hydroxylation is 1. The Labute approximate surface area is 92.2 Å². The van der Waals surface area contributed by atoms with E-state index in [-0.39, 0.29) is 11.7 Å². The van der Waals surface area contributed by atoms with Crippen LogP contribution in [0.3, 0.4) is 0 Å².